The summed E-state index contributed by atoms with van der Waals surface area (Å²) in [6, 6.07) is 10.2. The second-order valence-corrected chi connectivity index (χ2v) is 4.70. The molecular weight excluding hydrogens is 254 g/mol. The van der Waals surface area contributed by atoms with Crippen molar-refractivity contribution in [2.45, 2.75) is 13.3 Å². The smallest absolute Gasteiger partial charge is 0.348 e. The topological polar surface area (TPSA) is 75.1 Å². The van der Waals surface area contributed by atoms with Crippen molar-refractivity contribution in [3.8, 4) is 0 Å². The minimum atomic E-state index is -0.279. The maximum absolute atomic E-state index is 11.3. The molecule has 0 spiro atoms. The van der Waals surface area contributed by atoms with Crippen LogP contribution >= 0.6 is 0 Å². The zero-order valence-electron chi connectivity index (χ0n) is 11.1. The Hall–Kier alpha value is -2.63. The van der Waals surface area contributed by atoms with E-state index in [1.54, 1.807) is 6.07 Å². The van der Waals surface area contributed by atoms with Gasteiger partial charge in [-0.25, -0.2) is 19.3 Å². The first-order valence-corrected chi connectivity index (χ1v) is 6.44. The second-order valence-electron chi connectivity index (χ2n) is 4.70. The van der Waals surface area contributed by atoms with E-state index in [0.29, 0.717) is 11.5 Å². The van der Waals surface area contributed by atoms with Crippen molar-refractivity contribution in [3.05, 3.63) is 58.3 Å². The number of hydrogen-bond acceptors (Lipinski definition) is 4. The summed E-state index contributed by atoms with van der Waals surface area (Å²) >= 11 is 0. The van der Waals surface area contributed by atoms with Crippen molar-refractivity contribution < 1.29 is 0 Å². The van der Waals surface area contributed by atoms with E-state index in [9.17, 15) is 4.79 Å². The van der Waals surface area contributed by atoms with E-state index in [0.717, 1.165) is 13.0 Å². The number of aryl methyl sites for hydroxylation is 1. The molecule has 20 heavy (non-hydrogen) atoms. The summed E-state index contributed by atoms with van der Waals surface area (Å²) in [6.07, 6.45) is 2.39. The van der Waals surface area contributed by atoms with E-state index in [1.165, 1.54) is 21.9 Å². The van der Waals surface area contributed by atoms with Crippen molar-refractivity contribution in [2.24, 2.45) is 0 Å². The Morgan fingerprint density at radius 3 is 3.10 bits per heavy atom. The van der Waals surface area contributed by atoms with Crippen molar-refractivity contribution in [1.82, 2.24) is 19.6 Å². The maximum Gasteiger partial charge on any atom is 0.348 e. The molecule has 1 aromatic carbocycles. The summed E-state index contributed by atoms with van der Waals surface area (Å²) in [5.41, 5.74) is 2.83. The molecule has 6 heteroatoms. The molecule has 3 aromatic rings. The van der Waals surface area contributed by atoms with E-state index in [-0.39, 0.29) is 5.69 Å². The van der Waals surface area contributed by atoms with Crippen LogP contribution in [0.2, 0.25) is 0 Å². The Morgan fingerprint density at radius 2 is 2.25 bits per heavy atom. The summed E-state index contributed by atoms with van der Waals surface area (Å²) in [7, 11) is 0. The second kappa shape index (κ2) is 5.16. The van der Waals surface area contributed by atoms with Gasteiger partial charge in [-0.3, -0.25) is 0 Å². The number of rotatable bonds is 4. The summed E-state index contributed by atoms with van der Waals surface area (Å²) in [4.78, 5) is 15.5. The number of nitrogens with zero attached hydrogens (tertiary/aromatic N) is 3. The molecule has 0 radical (unpaired) electrons. The molecule has 2 N–H and O–H groups in total. The van der Waals surface area contributed by atoms with Gasteiger partial charge in [0.05, 0.1) is 0 Å². The van der Waals surface area contributed by atoms with Gasteiger partial charge in [0.25, 0.3) is 0 Å². The minimum Gasteiger partial charge on any atom is -0.370 e. The average molecular weight is 269 g/mol. The fourth-order valence-corrected chi connectivity index (χ4v) is 2.11. The average Bonchev–Trinajstić information content (AvgIpc) is 2.80. The molecule has 0 aliphatic rings. The van der Waals surface area contributed by atoms with Crippen LogP contribution in [0.15, 0.2) is 41.5 Å². The van der Waals surface area contributed by atoms with Crippen molar-refractivity contribution in [2.75, 3.05) is 11.9 Å². The summed E-state index contributed by atoms with van der Waals surface area (Å²) in [6.45, 7) is 2.86. The highest BCUT2D eigenvalue weighted by Gasteiger charge is 2.02. The lowest BCUT2D eigenvalue weighted by Crippen LogP contribution is -2.11. The Bertz CT molecular complexity index is 789. The summed E-state index contributed by atoms with van der Waals surface area (Å²) < 4.78 is 1.37. The van der Waals surface area contributed by atoms with Gasteiger partial charge in [0.15, 0.2) is 5.65 Å². The Morgan fingerprint density at radius 1 is 1.35 bits per heavy atom. The summed E-state index contributed by atoms with van der Waals surface area (Å²) in [5.74, 6) is 0.712. The highest BCUT2D eigenvalue weighted by atomic mass is 16.1. The molecule has 0 unspecified atom stereocenters. The Labute approximate surface area is 115 Å². The third-order valence-corrected chi connectivity index (χ3v) is 3.11. The van der Waals surface area contributed by atoms with E-state index in [1.807, 2.05) is 0 Å². The lowest BCUT2D eigenvalue weighted by atomic mass is 10.1. The van der Waals surface area contributed by atoms with Crippen LogP contribution in [0, 0.1) is 6.92 Å². The van der Waals surface area contributed by atoms with E-state index < -0.39 is 0 Å². The number of hydrogen-bond donors (Lipinski definition) is 2. The zero-order chi connectivity index (χ0) is 13.9. The zero-order valence-corrected chi connectivity index (χ0v) is 11.1. The lowest BCUT2D eigenvalue weighted by Gasteiger charge is -2.06. The number of nitrogens with one attached hydrogen (secondary N) is 2. The molecule has 2 aromatic heterocycles. The van der Waals surface area contributed by atoms with Gasteiger partial charge in [-0.2, -0.15) is 5.10 Å². The fraction of sp³-hybridized carbons (Fsp3) is 0.214. The molecule has 0 amide bonds. The van der Waals surface area contributed by atoms with Gasteiger partial charge in [0.2, 0.25) is 0 Å². The highest BCUT2D eigenvalue weighted by molar-refractivity contribution is 5.48. The predicted octanol–water partition coefficient (Wildman–Crippen LogP) is 1.38. The molecule has 0 bridgehead atoms. The standard InChI is InChI=1S/C14H15N5O/c1-10-3-2-4-11(7-10)5-6-15-12-8-13-17-18-14(20)19(13)9-16-12/h2-4,7-9,15H,5-6H2,1H3,(H,18,20). The molecular formula is C14H15N5O. The maximum atomic E-state index is 11.3. The van der Waals surface area contributed by atoms with Gasteiger partial charge >= 0.3 is 5.69 Å². The molecule has 0 saturated carbocycles. The van der Waals surface area contributed by atoms with Crippen LogP contribution in [0.5, 0.6) is 0 Å². The molecule has 0 fully saturated rings. The van der Waals surface area contributed by atoms with Crippen molar-refractivity contribution >= 4 is 11.5 Å². The normalized spacial score (nSPS) is 10.8. The van der Waals surface area contributed by atoms with E-state index in [2.05, 4.69) is 51.7 Å². The first-order chi connectivity index (χ1) is 9.72. The molecule has 0 aliphatic heterocycles. The predicted molar refractivity (Wildman–Crippen MR) is 77.0 cm³/mol. The van der Waals surface area contributed by atoms with Crippen LogP contribution < -0.4 is 11.0 Å². The number of aromatic nitrogens is 4. The number of fused-ring (bicyclic) bond motifs is 1. The first-order valence-electron chi connectivity index (χ1n) is 6.44. The van der Waals surface area contributed by atoms with Crippen LogP contribution in [0.25, 0.3) is 5.65 Å². The van der Waals surface area contributed by atoms with Gasteiger partial charge < -0.3 is 5.32 Å². The molecule has 2 heterocycles. The monoisotopic (exact) mass is 269 g/mol. The molecule has 0 aliphatic carbocycles. The number of anilines is 1. The van der Waals surface area contributed by atoms with Gasteiger partial charge in [0, 0.05) is 12.6 Å². The van der Waals surface area contributed by atoms with Crippen molar-refractivity contribution in [3.63, 3.8) is 0 Å². The molecule has 3 rings (SSSR count). The number of benzene rings is 1. The van der Waals surface area contributed by atoms with Crippen LogP contribution in [0.4, 0.5) is 5.82 Å². The van der Waals surface area contributed by atoms with Gasteiger partial charge in [-0.05, 0) is 18.9 Å². The van der Waals surface area contributed by atoms with Crippen LogP contribution in [-0.4, -0.2) is 26.1 Å². The quantitative estimate of drug-likeness (QED) is 0.750. The lowest BCUT2D eigenvalue weighted by molar-refractivity contribution is 0.974. The van der Waals surface area contributed by atoms with E-state index in [4.69, 9.17) is 0 Å². The van der Waals surface area contributed by atoms with Crippen LogP contribution in [0.1, 0.15) is 11.1 Å². The van der Waals surface area contributed by atoms with Gasteiger partial charge in [-0.15, -0.1) is 0 Å². The van der Waals surface area contributed by atoms with Crippen LogP contribution in [0.3, 0.4) is 0 Å². The SMILES string of the molecule is Cc1cccc(CCNc2cc3n[nH]c(=O)n3cn2)c1. The van der Waals surface area contributed by atoms with Crippen molar-refractivity contribution in [1.29, 1.82) is 0 Å². The largest absolute Gasteiger partial charge is 0.370 e. The first kappa shape index (κ1) is 12.4. The van der Waals surface area contributed by atoms with Gasteiger partial charge in [0.1, 0.15) is 12.1 Å². The molecule has 0 saturated heterocycles. The third kappa shape index (κ3) is 2.54. The number of aromatic amines is 1. The third-order valence-electron chi connectivity index (χ3n) is 3.11. The molecule has 6 nitrogen and oxygen atoms in total. The molecule has 102 valence electrons. The minimum absolute atomic E-state index is 0.279. The Kier molecular flexibility index (Phi) is 3.20. The van der Waals surface area contributed by atoms with E-state index >= 15 is 0 Å². The number of H-pyrrole nitrogens is 1. The molecule has 0 atom stereocenters. The fourth-order valence-electron chi connectivity index (χ4n) is 2.11. The van der Waals surface area contributed by atoms with Gasteiger partial charge in [-0.1, -0.05) is 29.8 Å². The summed E-state index contributed by atoms with van der Waals surface area (Å²) in [5, 5.41) is 9.52. The highest BCUT2D eigenvalue weighted by Crippen LogP contribution is 2.07. The van der Waals surface area contributed by atoms with Crippen LogP contribution in [-0.2, 0) is 6.42 Å². The Balaban J connectivity index is 1.66.